The number of aryl methyl sites for hydroxylation is 1. The normalized spacial score (nSPS) is 10.8. The number of rotatable bonds is 4. The number of carbonyl (C=O) groups excluding carboxylic acids is 1. The number of amides is 1. The summed E-state index contributed by atoms with van der Waals surface area (Å²) in [5.41, 5.74) is 1.54. The van der Waals surface area contributed by atoms with Gasteiger partial charge in [0, 0.05) is 17.3 Å². The molecule has 9 heteroatoms. The van der Waals surface area contributed by atoms with Crippen LogP contribution in [0.4, 0.5) is 10.2 Å². The highest BCUT2D eigenvalue weighted by molar-refractivity contribution is 9.13. The molecule has 1 amide bonds. The number of anilines is 1. The third kappa shape index (κ3) is 3.41. The maximum Gasteiger partial charge on any atom is 0.278 e. The Morgan fingerprint density at radius 1 is 1.38 bits per heavy atom. The number of hydrogen-bond donors (Lipinski definition) is 2. The van der Waals surface area contributed by atoms with Gasteiger partial charge in [0.1, 0.15) is 10.4 Å². The average Bonchev–Trinajstić information content (AvgIpc) is 3.05. The standard InChI is InChI=1S/C15H12Br2FN5O/c1-8-6-11(19-15(24)13-12(16)14(17)21-20-13)22-23(8)7-9-4-2-3-5-10(9)18/h2-6H,7H2,1H3,(H,20,21)(H,19,22,24). The molecule has 0 atom stereocenters. The van der Waals surface area contributed by atoms with Gasteiger partial charge >= 0.3 is 0 Å². The van der Waals surface area contributed by atoms with Crippen LogP contribution in [0.25, 0.3) is 0 Å². The van der Waals surface area contributed by atoms with Crippen LogP contribution in [-0.2, 0) is 6.54 Å². The SMILES string of the molecule is Cc1cc(NC(=O)c2n[nH]c(Br)c2Br)nn1Cc1ccccc1F. The van der Waals surface area contributed by atoms with Crippen molar-refractivity contribution in [2.24, 2.45) is 0 Å². The summed E-state index contributed by atoms with van der Waals surface area (Å²) in [6, 6.07) is 8.23. The van der Waals surface area contributed by atoms with E-state index in [-0.39, 0.29) is 18.1 Å². The second-order valence-corrected chi connectivity index (χ2v) is 6.66. The van der Waals surface area contributed by atoms with Crippen LogP contribution >= 0.6 is 31.9 Å². The van der Waals surface area contributed by atoms with Gasteiger partial charge in [0.2, 0.25) is 0 Å². The minimum absolute atomic E-state index is 0.211. The lowest BCUT2D eigenvalue weighted by atomic mass is 10.2. The highest BCUT2D eigenvalue weighted by atomic mass is 79.9. The van der Waals surface area contributed by atoms with E-state index in [4.69, 9.17) is 0 Å². The Labute approximate surface area is 153 Å². The van der Waals surface area contributed by atoms with Gasteiger partial charge in [-0.1, -0.05) is 18.2 Å². The molecule has 24 heavy (non-hydrogen) atoms. The Bertz CT molecular complexity index is 905. The van der Waals surface area contributed by atoms with Gasteiger partial charge < -0.3 is 5.32 Å². The second-order valence-electron chi connectivity index (χ2n) is 5.07. The summed E-state index contributed by atoms with van der Waals surface area (Å²) >= 11 is 6.50. The Kier molecular flexibility index (Phi) is 4.81. The number of hydrogen-bond acceptors (Lipinski definition) is 3. The number of H-pyrrole nitrogens is 1. The average molecular weight is 457 g/mol. The Hall–Kier alpha value is -2.00. The molecule has 2 N–H and O–H groups in total. The molecule has 0 saturated carbocycles. The minimum Gasteiger partial charge on any atom is -0.304 e. The van der Waals surface area contributed by atoms with Gasteiger partial charge in [-0.2, -0.15) is 10.2 Å². The van der Waals surface area contributed by atoms with E-state index in [1.54, 1.807) is 28.9 Å². The predicted molar refractivity (Wildman–Crippen MR) is 94.4 cm³/mol. The molecular formula is C15H12Br2FN5O. The summed E-state index contributed by atoms with van der Waals surface area (Å²) in [6.45, 7) is 2.12. The maximum atomic E-state index is 13.8. The fraction of sp³-hybridized carbons (Fsp3) is 0.133. The zero-order valence-corrected chi connectivity index (χ0v) is 15.6. The molecule has 0 aliphatic carbocycles. The Morgan fingerprint density at radius 2 is 2.12 bits per heavy atom. The van der Waals surface area contributed by atoms with Crippen molar-refractivity contribution in [2.45, 2.75) is 13.5 Å². The fourth-order valence-corrected chi connectivity index (χ4v) is 2.79. The van der Waals surface area contributed by atoms with Crippen LogP contribution in [0.5, 0.6) is 0 Å². The van der Waals surface area contributed by atoms with Gasteiger partial charge in [0.05, 0.1) is 11.0 Å². The van der Waals surface area contributed by atoms with Crippen LogP contribution < -0.4 is 5.32 Å². The largest absolute Gasteiger partial charge is 0.304 e. The van der Waals surface area contributed by atoms with E-state index < -0.39 is 5.91 Å². The molecule has 1 aromatic carbocycles. The first-order valence-corrected chi connectivity index (χ1v) is 8.53. The van der Waals surface area contributed by atoms with Crippen molar-refractivity contribution >= 4 is 43.6 Å². The summed E-state index contributed by atoms with van der Waals surface area (Å²) in [5.74, 6) is -0.317. The molecule has 6 nitrogen and oxygen atoms in total. The van der Waals surface area contributed by atoms with Crippen molar-refractivity contribution in [3.05, 3.63) is 62.2 Å². The molecule has 3 aromatic rings. The van der Waals surface area contributed by atoms with Crippen LogP contribution in [0, 0.1) is 12.7 Å². The maximum absolute atomic E-state index is 13.8. The second kappa shape index (κ2) is 6.86. The summed E-state index contributed by atoms with van der Waals surface area (Å²) in [4.78, 5) is 12.2. The number of benzene rings is 1. The van der Waals surface area contributed by atoms with Gasteiger partial charge in [-0.25, -0.2) is 4.39 Å². The van der Waals surface area contributed by atoms with Crippen molar-refractivity contribution in [1.29, 1.82) is 0 Å². The zero-order chi connectivity index (χ0) is 17.3. The van der Waals surface area contributed by atoms with Crippen LogP contribution in [0.3, 0.4) is 0 Å². The highest BCUT2D eigenvalue weighted by Crippen LogP contribution is 2.24. The predicted octanol–water partition coefficient (Wildman–Crippen LogP) is 3.88. The van der Waals surface area contributed by atoms with Gasteiger partial charge in [-0.3, -0.25) is 14.6 Å². The van der Waals surface area contributed by atoms with Crippen molar-refractivity contribution in [3.63, 3.8) is 0 Å². The molecule has 0 unspecified atom stereocenters. The summed E-state index contributed by atoms with van der Waals surface area (Å²) in [7, 11) is 0. The number of aromatic nitrogens is 4. The number of aromatic amines is 1. The van der Waals surface area contributed by atoms with Crippen molar-refractivity contribution < 1.29 is 9.18 Å². The smallest absolute Gasteiger partial charge is 0.278 e. The molecule has 0 radical (unpaired) electrons. The molecular weight excluding hydrogens is 445 g/mol. The third-order valence-corrected chi connectivity index (χ3v) is 5.26. The van der Waals surface area contributed by atoms with E-state index in [1.807, 2.05) is 6.92 Å². The van der Waals surface area contributed by atoms with E-state index in [9.17, 15) is 9.18 Å². The highest BCUT2D eigenvalue weighted by Gasteiger charge is 2.18. The first kappa shape index (κ1) is 16.8. The van der Waals surface area contributed by atoms with E-state index in [1.165, 1.54) is 6.07 Å². The monoisotopic (exact) mass is 455 g/mol. The van der Waals surface area contributed by atoms with Crippen molar-refractivity contribution in [1.82, 2.24) is 20.0 Å². The van der Waals surface area contributed by atoms with Crippen molar-refractivity contribution in [3.8, 4) is 0 Å². The number of carbonyl (C=O) groups is 1. The molecule has 0 fully saturated rings. The molecule has 0 aliphatic rings. The molecule has 3 rings (SSSR count). The quantitative estimate of drug-likeness (QED) is 0.625. The summed E-state index contributed by atoms with van der Waals surface area (Å²) in [5, 5.41) is 13.5. The van der Waals surface area contributed by atoms with Crippen LogP contribution in [0.15, 0.2) is 39.4 Å². The van der Waals surface area contributed by atoms with E-state index >= 15 is 0 Å². The topological polar surface area (TPSA) is 75.6 Å². The van der Waals surface area contributed by atoms with E-state index in [2.05, 4.69) is 52.5 Å². The molecule has 2 heterocycles. The van der Waals surface area contributed by atoms with Crippen LogP contribution in [-0.4, -0.2) is 25.9 Å². The van der Waals surface area contributed by atoms with Crippen LogP contribution in [0.1, 0.15) is 21.7 Å². The Balaban J connectivity index is 1.78. The number of halogens is 3. The van der Waals surface area contributed by atoms with Gasteiger partial charge in [0.15, 0.2) is 11.5 Å². The molecule has 0 spiro atoms. The Morgan fingerprint density at radius 3 is 2.79 bits per heavy atom. The first-order chi connectivity index (χ1) is 11.5. The van der Waals surface area contributed by atoms with Gasteiger partial charge in [0.25, 0.3) is 5.91 Å². The van der Waals surface area contributed by atoms with E-state index in [0.717, 1.165) is 5.69 Å². The number of nitrogens with one attached hydrogen (secondary N) is 2. The lowest BCUT2D eigenvalue weighted by Crippen LogP contribution is -2.14. The number of nitrogens with zero attached hydrogens (tertiary/aromatic N) is 3. The molecule has 0 aliphatic heterocycles. The fourth-order valence-electron chi connectivity index (χ4n) is 2.15. The molecule has 0 saturated heterocycles. The lowest BCUT2D eigenvalue weighted by Gasteiger charge is -2.05. The van der Waals surface area contributed by atoms with Gasteiger partial charge in [-0.05, 0) is 44.8 Å². The lowest BCUT2D eigenvalue weighted by molar-refractivity contribution is 0.102. The molecule has 124 valence electrons. The minimum atomic E-state index is -0.403. The third-order valence-electron chi connectivity index (χ3n) is 3.38. The van der Waals surface area contributed by atoms with E-state index in [0.29, 0.717) is 20.5 Å². The first-order valence-electron chi connectivity index (χ1n) is 6.94. The van der Waals surface area contributed by atoms with Gasteiger partial charge in [-0.15, -0.1) is 0 Å². The van der Waals surface area contributed by atoms with Crippen LogP contribution in [0.2, 0.25) is 0 Å². The summed E-state index contributed by atoms with van der Waals surface area (Å²) in [6.07, 6.45) is 0. The molecule has 2 aromatic heterocycles. The van der Waals surface area contributed by atoms with Crippen molar-refractivity contribution in [2.75, 3.05) is 5.32 Å². The summed E-state index contributed by atoms with van der Waals surface area (Å²) < 4.78 is 16.5. The zero-order valence-electron chi connectivity index (χ0n) is 12.5. The molecule has 0 bridgehead atoms.